The van der Waals surface area contributed by atoms with Gasteiger partial charge in [-0.2, -0.15) is 0 Å². The minimum atomic E-state index is -4.12. The van der Waals surface area contributed by atoms with Crippen LogP contribution in [0.15, 0.2) is 111 Å². The summed E-state index contributed by atoms with van der Waals surface area (Å²) in [5, 5.41) is 2.95. The van der Waals surface area contributed by atoms with Gasteiger partial charge in [0.05, 0.1) is 15.5 Å². The third-order valence-corrected chi connectivity index (χ3v) is 9.54. The summed E-state index contributed by atoms with van der Waals surface area (Å²) in [6.07, 6.45) is 0. The molecule has 0 aliphatic carbocycles. The average Bonchev–Trinajstić information content (AvgIpc) is 2.91. The normalized spacial score (nSPS) is 11.6. The van der Waals surface area contributed by atoms with E-state index in [0.717, 1.165) is 8.78 Å². The van der Waals surface area contributed by atoms with Gasteiger partial charge in [-0.3, -0.25) is 13.8 Å². The first-order valence-electron chi connectivity index (χ1n) is 11.5. The number of carbonyl (C=O) groups excluding carboxylic acids is 1. The molecule has 0 aliphatic heterocycles. The van der Waals surface area contributed by atoms with Crippen LogP contribution in [0.1, 0.15) is 5.56 Å². The number of benzene rings is 4. The molecule has 0 aromatic heterocycles. The van der Waals surface area contributed by atoms with E-state index >= 15 is 0 Å². The maximum Gasteiger partial charge on any atom is 0.264 e. The first-order valence-corrected chi connectivity index (χ1v) is 15.6. The van der Waals surface area contributed by atoms with Gasteiger partial charge < -0.3 is 5.32 Å². The minimum absolute atomic E-state index is 0.00810. The van der Waals surface area contributed by atoms with Crippen molar-refractivity contribution in [2.75, 3.05) is 20.9 Å². The van der Waals surface area contributed by atoms with Crippen LogP contribution in [-0.4, -0.2) is 29.3 Å². The van der Waals surface area contributed by atoms with Gasteiger partial charge in [0.2, 0.25) is 5.91 Å². The number of anilines is 3. The fourth-order valence-corrected chi connectivity index (χ4v) is 6.64. The molecular formula is C27H23BrClN3O5S2. The number of hydrogen-bond donors (Lipinski definition) is 2. The van der Waals surface area contributed by atoms with Crippen LogP contribution < -0.4 is 14.3 Å². The number of rotatable bonds is 9. The van der Waals surface area contributed by atoms with Crippen LogP contribution in [0.25, 0.3) is 0 Å². The lowest BCUT2D eigenvalue weighted by molar-refractivity contribution is -0.114. The van der Waals surface area contributed by atoms with Crippen molar-refractivity contribution in [2.24, 2.45) is 0 Å². The van der Waals surface area contributed by atoms with Gasteiger partial charge in [-0.15, -0.1) is 0 Å². The number of nitrogens with zero attached hydrogens (tertiary/aromatic N) is 1. The van der Waals surface area contributed by atoms with Crippen molar-refractivity contribution in [2.45, 2.75) is 16.7 Å². The second-order valence-corrected chi connectivity index (χ2v) is 13.3. The van der Waals surface area contributed by atoms with E-state index in [1.165, 1.54) is 42.5 Å². The zero-order valence-corrected chi connectivity index (χ0v) is 24.5. The van der Waals surface area contributed by atoms with E-state index in [1.54, 1.807) is 61.5 Å². The number of sulfonamides is 2. The maximum absolute atomic E-state index is 13.5. The molecule has 8 nitrogen and oxygen atoms in total. The summed E-state index contributed by atoms with van der Waals surface area (Å²) in [7, 11) is -7.98. The van der Waals surface area contributed by atoms with Gasteiger partial charge in [0.15, 0.2) is 0 Å². The van der Waals surface area contributed by atoms with Gasteiger partial charge in [-0.05, 0) is 85.3 Å². The number of halogens is 2. The molecule has 0 radical (unpaired) electrons. The van der Waals surface area contributed by atoms with Crippen LogP contribution in [0.3, 0.4) is 0 Å². The molecule has 4 rings (SSSR count). The Kier molecular flexibility index (Phi) is 8.65. The Morgan fingerprint density at radius 1 is 0.821 bits per heavy atom. The average molecular weight is 649 g/mol. The highest BCUT2D eigenvalue weighted by atomic mass is 79.9. The zero-order valence-electron chi connectivity index (χ0n) is 20.5. The van der Waals surface area contributed by atoms with Gasteiger partial charge >= 0.3 is 0 Å². The Balaban J connectivity index is 1.55. The number of nitrogens with one attached hydrogen (secondary N) is 2. The van der Waals surface area contributed by atoms with E-state index in [4.69, 9.17) is 11.6 Å². The van der Waals surface area contributed by atoms with Gasteiger partial charge in [-0.1, -0.05) is 51.8 Å². The quantitative estimate of drug-likeness (QED) is 0.230. The molecule has 0 heterocycles. The number of amides is 1. The van der Waals surface area contributed by atoms with E-state index < -0.39 is 32.5 Å². The Hall–Kier alpha value is -3.38. The van der Waals surface area contributed by atoms with Crippen LogP contribution in [0.2, 0.25) is 5.02 Å². The highest BCUT2D eigenvalue weighted by Crippen LogP contribution is 2.29. The molecule has 0 bridgehead atoms. The predicted octanol–water partition coefficient (Wildman–Crippen LogP) is 6.05. The Morgan fingerprint density at radius 3 is 2.08 bits per heavy atom. The standard InChI is InChI=1S/C27H23BrClN3O5S2/c1-19-7-10-21(29)17-26(19)32(39(36,37)25-5-3-2-4-6-25)18-27(33)30-22-13-15-24(16-14-22)38(34,35)31-23-11-8-20(28)9-12-23/h2-17,31H,18H2,1H3,(H,30,33). The van der Waals surface area contributed by atoms with Crippen molar-refractivity contribution in [3.63, 3.8) is 0 Å². The third-order valence-electron chi connectivity index (χ3n) is 5.60. The van der Waals surface area contributed by atoms with E-state index in [2.05, 4.69) is 26.0 Å². The van der Waals surface area contributed by atoms with Crippen LogP contribution in [0.5, 0.6) is 0 Å². The lowest BCUT2D eigenvalue weighted by Gasteiger charge is -2.26. The van der Waals surface area contributed by atoms with Crippen molar-refractivity contribution in [1.29, 1.82) is 0 Å². The Bertz CT molecular complexity index is 1700. The van der Waals surface area contributed by atoms with Crippen molar-refractivity contribution in [3.8, 4) is 0 Å². The molecule has 0 unspecified atom stereocenters. The Morgan fingerprint density at radius 2 is 1.44 bits per heavy atom. The monoisotopic (exact) mass is 647 g/mol. The number of carbonyl (C=O) groups is 1. The van der Waals surface area contributed by atoms with Gasteiger partial charge in [-0.25, -0.2) is 16.8 Å². The highest BCUT2D eigenvalue weighted by Gasteiger charge is 2.28. The van der Waals surface area contributed by atoms with Crippen LogP contribution in [0, 0.1) is 6.92 Å². The van der Waals surface area contributed by atoms with E-state index in [9.17, 15) is 21.6 Å². The molecule has 202 valence electrons. The molecule has 0 fully saturated rings. The topological polar surface area (TPSA) is 113 Å². The number of hydrogen-bond acceptors (Lipinski definition) is 5. The summed E-state index contributed by atoms with van der Waals surface area (Å²) in [5.74, 6) is -0.627. The maximum atomic E-state index is 13.5. The largest absolute Gasteiger partial charge is 0.325 e. The predicted molar refractivity (Wildman–Crippen MR) is 157 cm³/mol. The molecule has 2 N–H and O–H groups in total. The summed E-state index contributed by atoms with van der Waals surface area (Å²) >= 11 is 9.46. The molecule has 0 atom stereocenters. The van der Waals surface area contributed by atoms with Gasteiger partial charge in [0, 0.05) is 20.9 Å². The van der Waals surface area contributed by atoms with Crippen LogP contribution >= 0.6 is 27.5 Å². The SMILES string of the molecule is Cc1ccc(Cl)cc1N(CC(=O)Nc1ccc(S(=O)(=O)Nc2ccc(Br)cc2)cc1)S(=O)(=O)c1ccccc1. The van der Waals surface area contributed by atoms with Gasteiger partial charge in [0.25, 0.3) is 20.0 Å². The van der Waals surface area contributed by atoms with Crippen LogP contribution in [0.4, 0.5) is 17.1 Å². The molecule has 0 saturated heterocycles. The molecule has 0 spiro atoms. The molecule has 12 heteroatoms. The minimum Gasteiger partial charge on any atom is -0.325 e. The number of aryl methyl sites for hydroxylation is 1. The van der Waals surface area contributed by atoms with Crippen molar-refractivity contribution in [1.82, 2.24) is 0 Å². The van der Waals surface area contributed by atoms with Crippen molar-refractivity contribution < 1.29 is 21.6 Å². The van der Waals surface area contributed by atoms with Crippen molar-refractivity contribution >= 4 is 70.5 Å². The summed E-state index contributed by atoms with van der Waals surface area (Å²) in [6, 6.07) is 24.8. The summed E-state index contributed by atoms with van der Waals surface area (Å²) in [6.45, 7) is 1.18. The van der Waals surface area contributed by atoms with Crippen LogP contribution in [-0.2, 0) is 24.8 Å². The fourth-order valence-electron chi connectivity index (χ4n) is 3.65. The highest BCUT2D eigenvalue weighted by molar-refractivity contribution is 9.10. The first-order chi connectivity index (χ1) is 18.5. The fraction of sp³-hybridized carbons (Fsp3) is 0.0741. The second kappa shape index (κ2) is 11.8. The molecule has 39 heavy (non-hydrogen) atoms. The molecule has 1 amide bonds. The molecule has 0 aliphatic rings. The molecule has 4 aromatic carbocycles. The molecule has 4 aromatic rings. The summed E-state index contributed by atoms with van der Waals surface area (Å²) < 4.78 is 56.8. The molecular weight excluding hydrogens is 626 g/mol. The zero-order chi connectivity index (χ0) is 28.2. The van der Waals surface area contributed by atoms with Crippen molar-refractivity contribution in [3.05, 3.63) is 112 Å². The van der Waals surface area contributed by atoms with E-state index in [-0.39, 0.29) is 15.5 Å². The van der Waals surface area contributed by atoms with Gasteiger partial charge in [0.1, 0.15) is 6.54 Å². The molecule has 0 saturated carbocycles. The summed E-state index contributed by atoms with van der Waals surface area (Å²) in [4.78, 5) is 13.0. The summed E-state index contributed by atoms with van der Waals surface area (Å²) in [5.41, 5.74) is 1.57. The van der Waals surface area contributed by atoms with E-state index in [0.29, 0.717) is 22.0 Å². The lowest BCUT2D eigenvalue weighted by Crippen LogP contribution is -2.38. The first kappa shape index (κ1) is 28.6. The second-order valence-electron chi connectivity index (χ2n) is 8.44. The Labute approximate surface area is 240 Å². The smallest absolute Gasteiger partial charge is 0.264 e. The lowest BCUT2D eigenvalue weighted by atomic mass is 10.2. The third kappa shape index (κ3) is 6.99. The van der Waals surface area contributed by atoms with E-state index in [1.807, 2.05) is 0 Å².